The quantitative estimate of drug-likeness (QED) is 0.717. The number of H-pyrrole nitrogens is 1. The van der Waals surface area contributed by atoms with Crippen molar-refractivity contribution in [2.45, 2.75) is 36.0 Å². The fraction of sp³-hybridized carbons (Fsp3) is 0.476. The van der Waals surface area contributed by atoms with E-state index in [1.54, 1.807) is 23.9 Å². The minimum Gasteiger partial charge on any atom is -0.508 e. The molecule has 2 N–H and O–H groups in total. The van der Waals surface area contributed by atoms with Crippen LogP contribution < -0.4 is 9.77 Å². The maximum atomic E-state index is 13.4. The topological polar surface area (TPSA) is 90.5 Å². The number of aromatic hydroxyl groups is 1. The molecule has 3 heterocycles. The van der Waals surface area contributed by atoms with Crippen LogP contribution in [0.5, 0.6) is 5.75 Å². The van der Waals surface area contributed by atoms with Crippen LogP contribution in [0.4, 0.5) is 5.69 Å². The normalized spacial score (nSPS) is 37.0. The van der Waals surface area contributed by atoms with Gasteiger partial charge in [-0.2, -0.15) is 0 Å². The van der Waals surface area contributed by atoms with Gasteiger partial charge in [-0.25, -0.2) is 0 Å². The summed E-state index contributed by atoms with van der Waals surface area (Å²) in [6.07, 6.45) is 1.86. The first-order valence-corrected chi connectivity index (χ1v) is 11.8. The fourth-order valence-electron chi connectivity index (χ4n) is 6.46. The molecule has 6 rings (SSSR count). The molecule has 2 bridgehead atoms. The maximum absolute atomic E-state index is 13.4. The minimum atomic E-state index is -0.264. The molecular weight excluding hydrogens is 408 g/mol. The van der Waals surface area contributed by atoms with Crippen molar-refractivity contribution >= 4 is 40.6 Å². The average Bonchev–Trinajstić information content (AvgIpc) is 3.42. The molecule has 6 nitrogen and oxygen atoms in total. The predicted octanol–water partition coefficient (Wildman–Crippen LogP) is 3.18. The number of imide groups is 1. The van der Waals surface area contributed by atoms with E-state index in [0.717, 1.165) is 22.7 Å². The van der Waals surface area contributed by atoms with Gasteiger partial charge in [-0.1, -0.05) is 18.3 Å². The number of anilines is 1. The number of thiazole rings is 1. The van der Waals surface area contributed by atoms with Crippen molar-refractivity contribution < 1.29 is 14.7 Å². The van der Waals surface area contributed by atoms with Crippen LogP contribution in [0.1, 0.15) is 30.6 Å². The Bertz CT molecular complexity index is 1090. The van der Waals surface area contributed by atoms with E-state index < -0.39 is 0 Å². The Morgan fingerprint density at radius 1 is 1.10 bits per heavy atom. The lowest BCUT2D eigenvalue weighted by molar-refractivity contribution is -0.123. The molecule has 1 aromatic heterocycles. The summed E-state index contributed by atoms with van der Waals surface area (Å²) in [6.45, 7) is 2.15. The van der Waals surface area contributed by atoms with Gasteiger partial charge >= 0.3 is 4.87 Å². The SMILES string of the molecule is CC[C@@H]1c2sc(=O)[nH]c2S[C@H]2[C@H]3C[C@H]([C@H]4C(=O)N(c5ccc(O)cc5)C(=O)[C@@H]34)[C@H]21. The number of phenolic OH excluding ortho intramolecular Hbond substituents is 1. The molecule has 2 aromatic rings. The fourth-order valence-corrected chi connectivity index (χ4v) is 9.46. The van der Waals surface area contributed by atoms with Crippen molar-refractivity contribution in [2.24, 2.45) is 29.6 Å². The minimum absolute atomic E-state index is 0.0147. The van der Waals surface area contributed by atoms with Gasteiger partial charge in [-0.3, -0.25) is 19.3 Å². The van der Waals surface area contributed by atoms with Crippen molar-refractivity contribution in [3.63, 3.8) is 0 Å². The Morgan fingerprint density at radius 3 is 2.48 bits per heavy atom. The highest BCUT2D eigenvalue weighted by atomic mass is 32.2. The first kappa shape index (κ1) is 17.8. The van der Waals surface area contributed by atoms with E-state index >= 15 is 0 Å². The molecule has 0 unspecified atom stereocenters. The lowest BCUT2D eigenvalue weighted by Crippen LogP contribution is -2.42. The third kappa shape index (κ3) is 2.21. The van der Waals surface area contributed by atoms with E-state index in [9.17, 15) is 19.5 Å². The molecule has 3 fully saturated rings. The van der Waals surface area contributed by atoms with Crippen LogP contribution in [0, 0.1) is 29.6 Å². The number of hydrogen-bond acceptors (Lipinski definition) is 6. The zero-order valence-corrected chi connectivity index (χ0v) is 17.3. The molecule has 2 saturated carbocycles. The summed E-state index contributed by atoms with van der Waals surface area (Å²) < 4.78 is 0. The second-order valence-electron chi connectivity index (χ2n) is 8.53. The second-order valence-corrected chi connectivity index (χ2v) is 10.7. The van der Waals surface area contributed by atoms with Crippen molar-refractivity contribution in [3.05, 3.63) is 38.8 Å². The number of benzene rings is 1. The van der Waals surface area contributed by atoms with Gasteiger partial charge in [-0.15, -0.1) is 11.8 Å². The maximum Gasteiger partial charge on any atom is 0.305 e. The summed E-state index contributed by atoms with van der Waals surface area (Å²) in [4.78, 5) is 44.1. The Hall–Kier alpha value is -2.06. The zero-order chi connectivity index (χ0) is 20.0. The van der Waals surface area contributed by atoms with E-state index in [1.807, 2.05) is 0 Å². The zero-order valence-electron chi connectivity index (χ0n) is 15.7. The van der Waals surface area contributed by atoms with Crippen LogP contribution in [0.15, 0.2) is 34.1 Å². The van der Waals surface area contributed by atoms with Crippen LogP contribution in [0.25, 0.3) is 0 Å². The van der Waals surface area contributed by atoms with Gasteiger partial charge in [0, 0.05) is 16.0 Å². The number of aromatic nitrogens is 1. The van der Waals surface area contributed by atoms with Crippen LogP contribution >= 0.6 is 23.1 Å². The molecule has 8 heteroatoms. The molecular formula is C21H20N2O4S2. The molecule has 1 aromatic carbocycles. The number of nitrogens with zero attached hydrogens (tertiary/aromatic N) is 1. The smallest absolute Gasteiger partial charge is 0.305 e. The summed E-state index contributed by atoms with van der Waals surface area (Å²) in [6, 6.07) is 6.28. The van der Waals surface area contributed by atoms with Gasteiger partial charge in [0.25, 0.3) is 0 Å². The van der Waals surface area contributed by atoms with Crippen molar-refractivity contribution in [1.29, 1.82) is 0 Å². The number of aromatic amines is 1. The number of hydrogen-bond donors (Lipinski definition) is 2. The first-order valence-electron chi connectivity index (χ1n) is 10.1. The monoisotopic (exact) mass is 428 g/mol. The Kier molecular flexibility index (Phi) is 3.66. The Balaban J connectivity index is 1.40. The number of phenols is 1. The molecule has 1 saturated heterocycles. The molecule has 2 amide bonds. The van der Waals surface area contributed by atoms with Gasteiger partial charge in [0.2, 0.25) is 11.8 Å². The largest absolute Gasteiger partial charge is 0.508 e. The highest BCUT2D eigenvalue weighted by Gasteiger charge is 2.69. The lowest BCUT2D eigenvalue weighted by Gasteiger charge is -2.42. The summed E-state index contributed by atoms with van der Waals surface area (Å²) in [5.74, 6) is 0.379. The Labute approximate surface area is 175 Å². The molecule has 2 aliphatic heterocycles. The number of carbonyl (C=O) groups excluding carboxylic acids is 2. The molecule has 4 aliphatic rings. The van der Waals surface area contributed by atoms with Crippen LogP contribution in [-0.4, -0.2) is 27.2 Å². The highest BCUT2D eigenvalue weighted by molar-refractivity contribution is 8.00. The number of thioether (sulfide) groups is 1. The highest BCUT2D eigenvalue weighted by Crippen LogP contribution is 2.68. The average molecular weight is 429 g/mol. The number of fused-ring (bicyclic) bond motifs is 9. The standard InChI is InChI=1S/C21H20N2O4S2/c1-2-10-13-11-7-12(16(13)28-18-17(10)29-21(27)22-18)15-14(11)19(25)23(20(15)26)8-3-5-9(24)6-4-8/h3-6,10-16,24H,2,7H2,1H3,(H,22,27)/t10-,11-,12-,13+,14+,15-,16-/m0/s1. The van der Waals surface area contributed by atoms with Gasteiger partial charge in [0.05, 0.1) is 22.5 Å². The summed E-state index contributed by atoms with van der Waals surface area (Å²) in [5, 5.41) is 10.8. The lowest BCUT2D eigenvalue weighted by atomic mass is 9.69. The van der Waals surface area contributed by atoms with Gasteiger partial charge in [0.1, 0.15) is 5.75 Å². The summed E-state index contributed by atoms with van der Waals surface area (Å²) in [7, 11) is 0. The number of nitrogens with one attached hydrogen (secondary N) is 1. The number of carbonyl (C=O) groups is 2. The van der Waals surface area contributed by atoms with Crippen LogP contribution in [-0.2, 0) is 9.59 Å². The molecule has 29 heavy (non-hydrogen) atoms. The predicted molar refractivity (Wildman–Crippen MR) is 110 cm³/mol. The second kappa shape index (κ2) is 5.98. The van der Waals surface area contributed by atoms with Crippen molar-refractivity contribution in [1.82, 2.24) is 4.98 Å². The third-order valence-corrected chi connectivity index (χ3v) is 10.0. The van der Waals surface area contributed by atoms with Gasteiger partial charge in [-0.05, 0) is 54.9 Å². The molecule has 0 spiro atoms. The van der Waals surface area contributed by atoms with Gasteiger partial charge in [0.15, 0.2) is 0 Å². The van der Waals surface area contributed by atoms with E-state index in [1.165, 1.54) is 28.4 Å². The van der Waals surface area contributed by atoms with E-state index in [-0.39, 0.29) is 57.3 Å². The molecule has 2 aliphatic carbocycles. The third-order valence-electron chi connectivity index (χ3n) is 7.41. The molecule has 0 radical (unpaired) electrons. The number of amides is 2. The van der Waals surface area contributed by atoms with Gasteiger partial charge < -0.3 is 10.1 Å². The van der Waals surface area contributed by atoms with E-state index in [4.69, 9.17) is 0 Å². The van der Waals surface area contributed by atoms with E-state index in [0.29, 0.717) is 11.6 Å². The molecule has 150 valence electrons. The van der Waals surface area contributed by atoms with Crippen molar-refractivity contribution in [3.8, 4) is 5.75 Å². The first-order chi connectivity index (χ1) is 14.0. The summed E-state index contributed by atoms with van der Waals surface area (Å²) in [5.41, 5.74) is 0.540. The summed E-state index contributed by atoms with van der Waals surface area (Å²) >= 11 is 3.03. The number of rotatable bonds is 2. The van der Waals surface area contributed by atoms with Crippen molar-refractivity contribution in [2.75, 3.05) is 4.90 Å². The Morgan fingerprint density at radius 2 is 1.79 bits per heavy atom. The molecule has 7 atom stereocenters. The van der Waals surface area contributed by atoms with Crippen LogP contribution in [0.3, 0.4) is 0 Å². The van der Waals surface area contributed by atoms with Crippen LogP contribution in [0.2, 0.25) is 0 Å². The van der Waals surface area contributed by atoms with E-state index in [2.05, 4.69) is 11.9 Å².